The van der Waals surface area contributed by atoms with E-state index in [0.717, 1.165) is 23.4 Å². The van der Waals surface area contributed by atoms with Gasteiger partial charge in [-0.2, -0.15) is 4.31 Å². The van der Waals surface area contributed by atoms with Gasteiger partial charge in [0.2, 0.25) is 10.0 Å². The maximum absolute atomic E-state index is 13.1. The van der Waals surface area contributed by atoms with Crippen molar-refractivity contribution in [3.63, 3.8) is 0 Å². The summed E-state index contributed by atoms with van der Waals surface area (Å²) in [6.45, 7) is 2.12. The molecule has 0 aliphatic carbocycles. The predicted octanol–water partition coefficient (Wildman–Crippen LogP) is 2.45. The molecule has 2 heterocycles. The highest BCUT2D eigenvalue weighted by atomic mass is 32.2. The Bertz CT molecular complexity index is 1020. The summed E-state index contributed by atoms with van der Waals surface area (Å²) in [6.07, 6.45) is 4.24. The normalized spacial score (nSPS) is 14.8. The molecule has 6 nitrogen and oxygen atoms in total. The highest BCUT2D eigenvalue weighted by molar-refractivity contribution is 7.89. The summed E-state index contributed by atoms with van der Waals surface area (Å²) in [5.41, 5.74) is 3.25. The summed E-state index contributed by atoms with van der Waals surface area (Å²) in [5.74, 6) is 0.853. The van der Waals surface area contributed by atoms with Crippen LogP contribution in [0.25, 0.3) is 0 Å². The molecule has 1 aromatic heterocycles. The van der Waals surface area contributed by atoms with Gasteiger partial charge in [-0.05, 0) is 35.2 Å². The lowest BCUT2D eigenvalue weighted by Crippen LogP contribution is -2.36. The summed E-state index contributed by atoms with van der Waals surface area (Å²) in [4.78, 5) is 7.54. The van der Waals surface area contributed by atoms with Crippen LogP contribution in [-0.4, -0.2) is 29.2 Å². The number of fused-ring (bicyclic) bond motifs is 1. The van der Waals surface area contributed by atoms with Crippen LogP contribution in [0.1, 0.15) is 22.5 Å². The van der Waals surface area contributed by atoms with E-state index in [2.05, 4.69) is 21.4 Å². The van der Waals surface area contributed by atoms with Crippen LogP contribution < -0.4 is 5.32 Å². The van der Waals surface area contributed by atoms with Gasteiger partial charge in [0.1, 0.15) is 5.82 Å². The van der Waals surface area contributed by atoms with Gasteiger partial charge in [0.25, 0.3) is 0 Å². The number of aromatic nitrogens is 2. The van der Waals surface area contributed by atoms with Crippen molar-refractivity contribution >= 4 is 10.0 Å². The van der Waals surface area contributed by atoms with Crippen molar-refractivity contribution in [3.05, 3.63) is 83.4 Å². The van der Waals surface area contributed by atoms with Gasteiger partial charge in [0.05, 0.1) is 11.4 Å². The maximum atomic E-state index is 13.1. The molecule has 7 heteroatoms. The average molecular weight is 382 g/mol. The molecular formula is C20H22N4O2S. The second-order valence-electron chi connectivity index (χ2n) is 6.64. The highest BCUT2D eigenvalue weighted by Gasteiger charge is 2.28. The molecular weight excluding hydrogens is 360 g/mol. The summed E-state index contributed by atoms with van der Waals surface area (Å²) in [7, 11) is -3.51. The molecule has 140 valence electrons. The van der Waals surface area contributed by atoms with Crippen molar-refractivity contribution < 1.29 is 8.42 Å². The van der Waals surface area contributed by atoms with Crippen LogP contribution in [-0.2, 0) is 36.1 Å². The summed E-state index contributed by atoms with van der Waals surface area (Å²) >= 11 is 0. The van der Waals surface area contributed by atoms with E-state index < -0.39 is 10.0 Å². The Morgan fingerprint density at radius 2 is 1.93 bits per heavy atom. The molecule has 0 bridgehead atoms. The smallest absolute Gasteiger partial charge is 0.243 e. The van der Waals surface area contributed by atoms with E-state index >= 15 is 0 Å². The molecule has 0 amide bonds. The van der Waals surface area contributed by atoms with Crippen LogP contribution in [0.3, 0.4) is 0 Å². The fraction of sp³-hybridized carbons (Fsp3) is 0.250. The number of aromatic amines is 1. The summed E-state index contributed by atoms with van der Waals surface area (Å²) in [6, 6.07) is 15.2. The van der Waals surface area contributed by atoms with Crippen LogP contribution in [0.2, 0.25) is 0 Å². The van der Waals surface area contributed by atoms with Gasteiger partial charge < -0.3 is 10.3 Å². The first-order valence-corrected chi connectivity index (χ1v) is 10.4. The average Bonchev–Trinajstić information content (AvgIpc) is 3.21. The van der Waals surface area contributed by atoms with Crippen molar-refractivity contribution in [1.29, 1.82) is 0 Å². The molecule has 0 saturated carbocycles. The molecule has 1 aliphatic rings. The third kappa shape index (κ3) is 3.95. The molecule has 2 aromatic carbocycles. The molecule has 4 rings (SSSR count). The third-order valence-corrected chi connectivity index (χ3v) is 6.65. The lowest BCUT2D eigenvalue weighted by Gasteiger charge is -2.28. The second-order valence-corrected chi connectivity index (χ2v) is 8.58. The highest BCUT2D eigenvalue weighted by Crippen LogP contribution is 2.25. The number of nitrogens with one attached hydrogen (secondary N) is 2. The number of rotatable bonds is 6. The Morgan fingerprint density at radius 1 is 1.07 bits per heavy atom. The topological polar surface area (TPSA) is 78.1 Å². The number of hydrogen-bond acceptors (Lipinski definition) is 4. The van der Waals surface area contributed by atoms with E-state index in [9.17, 15) is 8.42 Å². The van der Waals surface area contributed by atoms with Crippen molar-refractivity contribution in [3.8, 4) is 0 Å². The van der Waals surface area contributed by atoms with E-state index in [1.165, 1.54) is 5.56 Å². The van der Waals surface area contributed by atoms with Crippen LogP contribution in [0.4, 0.5) is 0 Å². The molecule has 1 aliphatic heterocycles. The minimum atomic E-state index is -3.51. The van der Waals surface area contributed by atoms with Crippen molar-refractivity contribution in [1.82, 2.24) is 19.6 Å². The quantitative estimate of drug-likeness (QED) is 0.686. The standard InChI is InChI=1S/C20H22N4O2S/c25-27(26,24-11-8-17-5-1-2-6-18(17)15-24)19-7-3-4-16(12-19)13-21-14-20-22-9-10-23-20/h1-7,9-10,12,21H,8,11,13-15H2,(H,22,23). The van der Waals surface area contributed by atoms with Gasteiger partial charge in [0, 0.05) is 32.0 Å². The van der Waals surface area contributed by atoms with Crippen LogP contribution in [0.15, 0.2) is 65.8 Å². The number of hydrogen-bond donors (Lipinski definition) is 2. The molecule has 0 radical (unpaired) electrons. The number of H-pyrrole nitrogens is 1. The van der Waals surface area contributed by atoms with Gasteiger partial charge >= 0.3 is 0 Å². The zero-order chi connectivity index (χ0) is 18.7. The SMILES string of the molecule is O=S(=O)(c1cccc(CNCc2ncc[nH]2)c1)N1CCc2ccccc2C1. The molecule has 27 heavy (non-hydrogen) atoms. The number of benzene rings is 2. The van der Waals surface area contributed by atoms with E-state index in [-0.39, 0.29) is 0 Å². The van der Waals surface area contributed by atoms with Gasteiger partial charge in [-0.1, -0.05) is 36.4 Å². The number of sulfonamides is 1. The van der Waals surface area contributed by atoms with Crippen LogP contribution in [0, 0.1) is 0 Å². The van der Waals surface area contributed by atoms with E-state index in [1.807, 2.05) is 24.3 Å². The molecule has 0 atom stereocenters. The van der Waals surface area contributed by atoms with Crippen molar-refractivity contribution in [2.24, 2.45) is 0 Å². The maximum Gasteiger partial charge on any atom is 0.243 e. The van der Waals surface area contributed by atoms with Crippen molar-refractivity contribution in [2.45, 2.75) is 31.0 Å². The lowest BCUT2D eigenvalue weighted by molar-refractivity contribution is 0.391. The molecule has 0 unspecified atom stereocenters. The molecule has 0 fully saturated rings. The minimum absolute atomic E-state index is 0.346. The minimum Gasteiger partial charge on any atom is -0.348 e. The Hall–Kier alpha value is -2.48. The first-order valence-electron chi connectivity index (χ1n) is 8.98. The fourth-order valence-corrected chi connectivity index (χ4v) is 4.85. The monoisotopic (exact) mass is 382 g/mol. The van der Waals surface area contributed by atoms with Crippen LogP contribution >= 0.6 is 0 Å². The lowest BCUT2D eigenvalue weighted by atomic mass is 10.0. The third-order valence-electron chi connectivity index (χ3n) is 4.81. The first-order chi connectivity index (χ1) is 13.1. The molecule has 0 saturated heterocycles. The number of nitrogens with zero attached hydrogens (tertiary/aromatic N) is 2. The van der Waals surface area contributed by atoms with E-state index in [0.29, 0.717) is 31.1 Å². The largest absolute Gasteiger partial charge is 0.348 e. The molecule has 0 spiro atoms. The number of imidazole rings is 1. The fourth-order valence-electron chi connectivity index (χ4n) is 3.36. The van der Waals surface area contributed by atoms with E-state index in [4.69, 9.17) is 0 Å². The Balaban J connectivity index is 1.47. The van der Waals surface area contributed by atoms with Crippen LogP contribution in [0.5, 0.6) is 0 Å². The zero-order valence-electron chi connectivity index (χ0n) is 14.9. The van der Waals surface area contributed by atoms with E-state index in [1.54, 1.807) is 34.9 Å². The van der Waals surface area contributed by atoms with Gasteiger partial charge in [0.15, 0.2) is 0 Å². The molecule has 3 aromatic rings. The van der Waals surface area contributed by atoms with Crippen molar-refractivity contribution in [2.75, 3.05) is 6.54 Å². The summed E-state index contributed by atoms with van der Waals surface area (Å²) < 4.78 is 27.8. The Labute approximate surface area is 159 Å². The van der Waals surface area contributed by atoms with Gasteiger partial charge in [-0.3, -0.25) is 0 Å². The van der Waals surface area contributed by atoms with Gasteiger partial charge in [-0.15, -0.1) is 0 Å². The second kappa shape index (κ2) is 7.64. The Kier molecular flexibility index (Phi) is 5.07. The molecule has 2 N–H and O–H groups in total. The van der Waals surface area contributed by atoms with Gasteiger partial charge in [-0.25, -0.2) is 13.4 Å². The Morgan fingerprint density at radius 3 is 2.74 bits per heavy atom. The summed E-state index contributed by atoms with van der Waals surface area (Å²) in [5, 5.41) is 3.27. The zero-order valence-corrected chi connectivity index (χ0v) is 15.7. The predicted molar refractivity (Wildman–Crippen MR) is 103 cm³/mol. The first kappa shape index (κ1) is 17.9.